The molecule has 27 heavy (non-hydrogen) atoms. The summed E-state index contributed by atoms with van der Waals surface area (Å²) in [6.45, 7) is 4.37. The summed E-state index contributed by atoms with van der Waals surface area (Å²) in [4.78, 5) is 23.9. The average molecular weight is 394 g/mol. The number of aryl methyl sites for hydroxylation is 1. The van der Waals surface area contributed by atoms with Gasteiger partial charge in [0.25, 0.3) is 5.91 Å². The Bertz CT molecular complexity index is 831. The first-order valence-corrected chi connectivity index (χ1v) is 10.8. The fourth-order valence-electron chi connectivity index (χ4n) is 3.29. The van der Waals surface area contributed by atoms with E-state index in [0.717, 1.165) is 25.7 Å². The van der Waals surface area contributed by atoms with Crippen LogP contribution in [0.4, 0.5) is 5.69 Å². The van der Waals surface area contributed by atoms with Crippen LogP contribution >= 0.6 is 0 Å². The lowest BCUT2D eigenvalue weighted by Gasteiger charge is -2.26. The number of anilines is 1. The highest BCUT2D eigenvalue weighted by molar-refractivity contribution is 7.89. The first-order chi connectivity index (χ1) is 12.8. The minimum atomic E-state index is -3.59. The molecule has 2 fully saturated rings. The van der Waals surface area contributed by atoms with E-state index in [1.807, 2.05) is 6.92 Å². The number of benzene rings is 1. The van der Waals surface area contributed by atoms with E-state index in [9.17, 15) is 18.0 Å². The Balaban J connectivity index is 1.65. The number of ether oxygens (including phenoxy) is 1. The molecule has 2 aliphatic rings. The SMILES string of the molecule is Cc1ccc(NC(=O)COC(=O)[C@@H]2C[C@@H]2C)cc1S(=O)(=O)N1CCCCC1. The molecule has 1 saturated carbocycles. The zero-order valence-electron chi connectivity index (χ0n) is 15.7. The summed E-state index contributed by atoms with van der Waals surface area (Å²) in [6.07, 6.45) is 3.56. The second-order valence-corrected chi connectivity index (χ2v) is 9.33. The molecule has 8 heteroatoms. The maximum atomic E-state index is 12.9. The van der Waals surface area contributed by atoms with Gasteiger partial charge in [0.05, 0.1) is 10.8 Å². The van der Waals surface area contributed by atoms with Crippen molar-refractivity contribution < 1.29 is 22.7 Å². The van der Waals surface area contributed by atoms with Crippen LogP contribution in [-0.4, -0.2) is 44.3 Å². The minimum absolute atomic E-state index is 0.0986. The summed E-state index contributed by atoms with van der Waals surface area (Å²) in [5, 5.41) is 2.61. The van der Waals surface area contributed by atoms with Gasteiger partial charge in [0, 0.05) is 18.8 Å². The van der Waals surface area contributed by atoms with Crippen LogP contribution < -0.4 is 5.32 Å². The van der Waals surface area contributed by atoms with Gasteiger partial charge in [0.2, 0.25) is 10.0 Å². The summed E-state index contributed by atoms with van der Waals surface area (Å²) in [5.74, 6) is -0.615. The third-order valence-corrected chi connectivity index (χ3v) is 7.20. The average Bonchev–Trinajstić information content (AvgIpc) is 3.39. The molecule has 1 aliphatic carbocycles. The van der Waals surface area contributed by atoms with Crippen molar-refractivity contribution >= 4 is 27.6 Å². The Morgan fingerprint density at radius 3 is 2.52 bits per heavy atom. The molecule has 1 heterocycles. The number of nitrogens with one attached hydrogen (secondary N) is 1. The van der Waals surface area contributed by atoms with Crippen molar-refractivity contribution in [1.82, 2.24) is 4.31 Å². The summed E-state index contributed by atoms with van der Waals surface area (Å²) in [6, 6.07) is 4.79. The van der Waals surface area contributed by atoms with Crippen molar-refractivity contribution in [2.45, 2.75) is 44.4 Å². The third kappa shape index (κ3) is 4.68. The first kappa shape index (κ1) is 19.8. The molecule has 148 valence electrons. The fraction of sp³-hybridized carbons (Fsp3) is 0.579. The van der Waals surface area contributed by atoms with E-state index < -0.39 is 15.9 Å². The van der Waals surface area contributed by atoms with Crippen molar-refractivity contribution in [3.63, 3.8) is 0 Å². The topological polar surface area (TPSA) is 92.8 Å². The maximum absolute atomic E-state index is 12.9. The van der Waals surface area contributed by atoms with Gasteiger partial charge in [0.1, 0.15) is 0 Å². The first-order valence-electron chi connectivity index (χ1n) is 9.36. The molecule has 1 amide bonds. The fourth-order valence-corrected chi connectivity index (χ4v) is 5.06. The molecule has 0 unspecified atom stereocenters. The number of nitrogens with zero attached hydrogens (tertiary/aromatic N) is 1. The standard InChI is InChI=1S/C19H26N2O5S/c1-13-6-7-15(20-18(22)12-26-19(23)16-10-14(16)2)11-17(13)27(24,25)21-8-4-3-5-9-21/h6-7,11,14,16H,3-5,8-10,12H2,1-2H3,(H,20,22)/t14-,16+/m0/s1. The Morgan fingerprint density at radius 2 is 1.89 bits per heavy atom. The number of carbonyl (C=O) groups excluding carboxylic acids is 2. The van der Waals surface area contributed by atoms with Gasteiger partial charge in [-0.25, -0.2) is 8.42 Å². The predicted molar refractivity (Wildman–Crippen MR) is 101 cm³/mol. The zero-order chi connectivity index (χ0) is 19.6. The minimum Gasteiger partial charge on any atom is -0.455 e. The summed E-state index contributed by atoms with van der Waals surface area (Å²) < 4.78 is 32.3. The van der Waals surface area contributed by atoms with Gasteiger partial charge >= 0.3 is 5.97 Å². The number of rotatable bonds is 6. The Hall–Kier alpha value is -1.93. The molecule has 1 saturated heterocycles. The number of amides is 1. The molecule has 0 bridgehead atoms. The Morgan fingerprint density at radius 1 is 1.22 bits per heavy atom. The lowest BCUT2D eigenvalue weighted by Crippen LogP contribution is -2.36. The van der Waals surface area contributed by atoms with Crippen LogP contribution in [0, 0.1) is 18.8 Å². The van der Waals surface area contributed by atoms with Crippen molar-refractivity contribution in [3.8, 4) is 0 Å². The lowest BCUT2D eigenvalue weighted by atomic mass is 10.2. The predicted octanol–water partition coefficient (Wildman–Crippen LogP) is 2.31. The van der Waals surface area contributed by atoms with Crippen LogP contribution in [0.5, 0.6) is 0 Å². The van der Waals surface area contributed by atoms with Gasteiger partial charge < -0.3 is 10.1 Å². The van der Waals surface area contributed by atoms with E-state index in [1.165, 1.54) is 10.4 Å². The van der Waals surface area contributed by atoms with Crippen molar-refractivity contribution in [1.29, 1.82) is 0 Å². The normalized spacial score (nSPS) is 22.9. The van der Waals surface area contributed by atoms with Crippen LogP contribution in [-0.2, 0) is 24.3 Å². The van der Waals surface area contributed by atoms with E-state index in [4.69, 9.17) is 4.74 Å². The molecular weight excluding hydrogens is 368 g/mol. The number of piperidine rings is 1. The van der Waals surface area contributed by atoms with Crippen LogP contribution in [0.25, 0.3) is 0 Å². The van der Waals surface area contributed by atoms with Crippen molar-refractivity contribution in [2.75, 3.05) is 25.0 Å². The van der Waals surface area contributed by atoms with Crippen LogP contribution in [0.2, 0.25) is 0 Å². The second-order valence-electron chi connectivity index (χ2n) is 7.42. The smallest absolute Gasteiger partial charge is 0.309 e. The third-order valence-electron chi connectivity index (χ3n) is 5.16. The highest BCUT2D eigenvalue weighted by Crippen LogP contribution is 2.38. The summed E-state index contributed by atoms with van der Waals surface area (Å²) in [5.41, 5.74) is 1.00. The van der Waals surface area contributed by atoms with E-state index >= 15 is 0 Å². The van der Waals surface area contributed by atoms with Gasteiger partial charge in [-0.05, 0) is 49.8 Å². The lowest BCUT2D eigenvalue weighted by molar-refractivity contribution is -0.148. The van der Waals surface area contributed by atoms with Gasteiger partial charge in [-0.2, -0.15) is 4.31 Å². The summed E-state index contributed by atoms with van der Waals surface area (Å²) >= 11 is 0. The number of hydrogen-bond acceptors (Lipinski definition) is 5. The van der Waals surface area contributed by atoms with Gasteiger partial charge in [-0.15, -0.1) is 0 Å². The molecule has 0 aromatic heterocycles. The molecule has 2 atom stereocenters. The van der Waals surface area contributed by atoms with E-state index in [2.05, 4.69) is 5.32 Å². The number of sulfonamides is 1. The molecular formula is C19H26N2O5S. The molecule has 0 radical (unpaired) electrons. The van der Waals surface area contributed by atoms with E-state index in [1.54, 1.807) is 19.1 Å². The quantitative estimate of drug-likeness (QED) is 0.748. The monoisotopic (exact) mass is 394 g/mol. The number of hydrogen-bond donors (Lipinski definition) is 1. The van der Waals surface area contributed by atoms with Gasteiger partial charge in [-0.1, -0.05) is 19.4 Å². The largest absolute Gasteiger partial charge is 0.455 e. The Labute approximate surface area is 160 Å². The zero-order valence-corrected chi connectivity index (χ0v) is 16.5. The molecule has 3 rings (SSSR count). The van der Waals surface area contributed by atoms with Crippen LogP contribution in [0.1, 0.15) is 38.2 Å². The van der Waals surface area contributed by atoms with E-state index in [-0.39, 0.29) is 23.4 Å². The molecule has 0 spiro atoms. The highest BCUT2D eigenvalue weighted by atomic mass is 32.2. The molecule has 7 nitrogen and oxygen atoms in total. The van der Waals surface area contributed by atoms with Crippen LogP contribution in [0.3, 0.4) is 0 Å². The Kier molecular flexibility index (Phi) is 5.86. The van der Waals surface area contributed by atoms with Crippen LogP contribution in [0.15, 0.2) is 23.1 Å². The number of carbonyl (C=O) groups is 2. The summed E-state index contributed by atoms with van der Waals surface area (Å²) in [7, 11) is -3.59. The maximum Gasteiger partial charge on any atom is 0.309 e. The molecule has 1 N–H and O–H groups in total. The second kappa shape index (κ2) is 7.98. The van der Waals surface area contributed by atoms with Crippen molar-refractivity contribution in [3.05, 3.63) is 23.8 Å². The molecule has 1 aliphatic heterocycles. The van der Waals surface area contributed by atoms with E-state index in [0.29, 0.717) is 30.3 Å². The molecule has 1 aromatic carbocycles. The highest BCUT2D eigenvalue weighted by Gasteiger charge is 2.40. The number of esters is 1. The van der Waals surface area contributed by atoms with Gasteiger partial charge in [-0.3, -0.25) is 9.59 Å². The van der Waals surface area contributed by atoms with Crippen molar-refractivity contribution in [2.24, 2.45) is 11.8 Å². The molecule has 1 aromatic rings. The van der Waals surface area contributed by atoms with Gasteiger partial charge in [0.15, 0.2) is 6.61 Å².